The second kappa shape index (κ2) is 7.17. The van der Waals surface area contributed by atoms with Crippen LogP contribution in [0.4, 0.5) is 0 Å². The van der Waals surface area contributed by atoms with Gasteiger partial charge in [0.15, 0.2) is 0 Å². The highest BCUT2D eigenvalue weighted by molar-refractivity contribution is 7.89. The zero-order valence-corrected chi connectivity index (χ0v) is 16.8. The Morgan fingerprint density at radius 3 is 2.32 bits per heavy atom. The summed E-state index contributed by atoms with van der Waals surface area (Å²) in [7, 11) is -2.25. The Balaban J connectivity index is 2.43. The molecular weight excluding hydrogens is 338 g/mol. The van der Waals surface area contributed by atoms with Crippen LogP contribution < -0.4 is 9.46 Å². The van der Waals surface area contributed by atoms with Crippen LogP contribution in [-0.2, 0) is 16.6 Å². The minimum absolute atomic E-state index is 0.156. The summed E-state index contributed by atoms with van der Waals surface area (Å²) in [5.41, 5.74) is 4.61. The molecule has 0 radical (unpaired) electrons. The lowest BCUT2D eigenvalue weighted by Crippen LogP contribution is -2.28. The molecule has 0 spiro atoms. The smallest absolute Gasteiger partial charge is 0.244 e. The highest BCUT2D eigenvalue weighted by atomic mass is 32.2. The molecule has 6 nitrogen and oxygen atoms in total. The summed E-state index contributed by atoms with van der Waals surface area (Å²) in [6.07, 6.45) is 0. The molecule has 0 amide bonds. The van der Waals surface area contributed by atoms with E-state index in [9.17, 15) is 8.42 Å². The topological polar surface area (TPSA) is 73.2 Å². The molecule has 7 heteroatoms. The van der Waals surface area contributed by atoms with Gasteiger partial charge in [-0.25, -0.2) is 13.1 Å². The van der Waals surface area contributed by atoms with E-state index in [1.54, 1.807) is 12.1 Å². The average Bonchev–Trinajstić information content (AvgIpc) is 2.82. The van der Waals surface area contributed by atoms with Gasteiger partial charge in [-0.3, -0.25) is 4.68 Å². The Morgan fingerprint density at radius 1 is 1.20 bits per heavy atom. The second-order valence-electron chi connectivity index (χ2n) is 6.33. The third-order valence-electron chi connectivity index (χ3n) is 4.57. The first-order chi connectivity index (χ1) is 11.6. The number of sulfonamides is 1. The number of nitrogens with one attached hydrogen (secondary N) is 1. The second-order valence-corrected chi connectivity index (χ2v) is 8.01. The largest absolute Gasteiger partial charge is 0.495 e. The van der Waals surface area contributed by atoms with Gasteiger partial charge < -0.3 is 4.74 Å². The van der Waals surface area contributed by atoms with Crippen LogP contribution in [0.15, 0.2) is 17.0 Å². The molecule has 0 fully saturated rings. The molecule has 1 aromatic carbocycles. The average molecular weight is 365 g/mol. The van der Waals surface area contributed by atoms with E-state index in [0.29, 0.717) is 5.75 Å². The van der Waals surface area contributed by atoms with E-state index < -0.39 is 16.1 Å². The Bertz CT molecular complexity index is 885. The molecule has 1 heterocycles. The van der Waals surface area contributed by atoms with Crippen molar-refractivity contribution in [2.75, 3.05) is 7.11 Å². The van der Waals surface area contributed by atoms with Crippen molar-refractivity contribution in [2.24, 2.45) is 0 Å². The summed E-state index contributed by atoms with van der Waals surface area (Å²) in [6, 6.07) is 3.01. The quantitative estimate of drug-likeness (QED) is 0.853. The van der Waals surface area contributed by atoms with E-state index in [0.717, 1.165) is 34.6 Å². The predicted molar refractivity (Wildman–Crippen MR) is 98.6 cm³/mol. The van der Waals surface area contributed by atoms with Gasteiger partial charge in [-0.05, 0) is 64.8 Å². The lowest BCUT2D eigenvalue weighted by atomic mass is 10.1. The molecule has 2 aromatic rings. The van der Waals surface area contributed by atoms with Gasteiger partial charge in [-0.1, -0.05) is 0 Å². The highest BCUT2D eigenvalue weighted by Gasteiger charge is 2.26. The summed E-state index contributed by atoms with van der Waals surface area (Å²) >= 11 is 0. The van der Waals surface area contributed by atoms with Crippen LogP contribution in [-0.4, -0.2) is 25.3 Å². The van der Waals surface area contributed by atoms with E-state index in [4.69, 9.17) is 4.74 Å². The molecule has 2 rings (SSSR count). The first kappa shape index (κ1) is 19.5. The monoisotopic (exact) mass is 365 g/mol. The maximum absolute atomic E-state index is 12.9. The number of nitrogens with zero attached hydrogens (tertiary/aromatic N) is 2. The molecule has 25 heavy (non-hydrogen) atoms. The van der Waals surface area contributed by atoms with E-state index in [2.05, 4.69) is 9.82 Å². The van der Waals surface area contributed by atoms with Crippen molar-refractivity contribution < 1.29 is 13.2 Å². The normalized spacial score (nSPS) is 13.1. The summed E-state index contributed by atoms with van der Waals surface area (Å²) in [5, 5.41) is 4.47. The number of benzene rings is 1. The Morgan fingerprint density at radius 2 is 1.80 bits per heavy atom. The van der Waals surface area contributed by atoms with Crippen LogP contribution in [0.5, 0.6) is 5.75 Å². The van der Waals surface area contributed by atoms with Crippen molar-refractivity contribution in [2.45, 2.75) is 59.0 Å². The summed E-state index contributed by atoms with van der Waals surface area (Å²) in [5.74, 6) is 0.348. The number of ether oxygens (including phenoxy) is 1. The van der Waals surface area contributed by atoms with Gasteiger partial charge >= 0.3 is 0 Å². The predicted octanol–water partition coefficient (Wildman–Crippen LogP) is 3.18. The van der Waals surface area contributed by atoms with Crippen LogP contribution in [0.1, 0.15) is 48.0 Å². The fourth-order valence-corrected chi connectivity index (χ4v) is 4.58. The molecule has 1 N–H and O–H groups in total. The number of methoxy groups -OCH3 is 1. The van der Waals surface area contributed by atoms with Gasteiger partial charge in [0.1, 0.15) is 10.6 Å². The van der Waals surface area contributed by atoms with Crippen LogP contribution in [0, 0.1) is 27.7 Å². The third-order valence-corrected chi connectivity index (χ3v) is 6.13. The van der Waals surface area contributed by atoms with Crippen molar-refractivity contribution in [1.29, 1.82) is 0 Å². The van der Waals surface area contributed by atoms with Crippen molar-refractivity contribution >= 4 is 10.0 Å². The molecule has 1 unspecified atom stereocenters. The number of hydrogen-bond donors (Lipinski definition) is 1. The SMILES string of the molecule is CCn1nc(C)c(C(C)NS(=O)(=O)c2cc(C)c(C)cc2OC)c1C. The third kappa shape index (κ3) is 3.72. The molecule has 0 bridgehead atoms. The molecular formula is C18H27N3O3S. The van der Waals surface area contributed by atoms with Crippen LogP contribution in [0.3, 0.4) is 0 Å². The first-order valence-electron chi connectivity index (χ1n) is 8.33. The molecule has 1 atom stereocenters. The van der Waals surface area contributed by atoms with E-state index in [1.165, 1.54) is 7.11 Å². The van der Waals surface area contributed by atoms with Gasteiger partial charge in [0, 0.05) is 23.8 Å². The Kier molecular flexibility index (Phi) is 5.58. The Labute approximate surface area is 150 Å². The zero-order valence-electron chi connectivity index (χ0n) is 16.0. The maximum Gasteiger partial charge on any atom is 0.244 e. The standard InChI is InChI=1S/C18H27N3O3S/c1-8-21-15(6)18(13(4)19-21)14(5)20-25(22,23)17-10-12(3)11(2)9-16(17)24-7/h9-10,14,20H,8H2,1-7H3. The summed E-state index contributed by atoms with van der Waals surface area (Å²) in [6.45, 7) is 12.3. The van der Waals surface area contributed by atoms with Crippen LogP contribution >= 0.6 is 0 Å². The molecule has 0 aliphatic carbocycles. The number of hydrogen-bond acceptors (Lipinski definition) is 4. The van der Waals surface area contributed by atoms with E-state index >= 15 is 0 Å². The Hall–Kier alpha value is -1.86. The summed E-state index contributed by atoms with van der Waals surface area (Å²) in [4.78, 5) is 0.156. The van der Waals surface area contributed by atoms with Crippen molar-refractivity contribution in [1.82, 2.24) is 14.5 Å². The van der Waals surface area contributed by atoms with Crippen molar-refractivity contribution in [3.8, 4) is 5.75 Å². The maximum atomic E-state index is 12.9. The minimum Gasteiger partial charge on any atom is -0.495 e. The molecule has 0 saturated heterocycles. The van der Waals surface area contributed by atoms with E-state index in [-0.39, 0.29) is 4.90 Å². The van der Waals surface area contributed by atoms with E-state index in [1.807, 2.05) is 46.2 Å². The van der Waals surface area contributed by atoms with Gasteiger partial charge in [0.2, 0.25) is 10.0 Å². The zero-order chi connectivity index (χ0) is 18.9. The van der Waals surface area contributed by atoms with Gasteiger partial charge in [0.25, 0.3) is 0 Å². The molecule has 0 aliphatic heterocycles. The number of aryl methyl sites for hydroxylation is 4. The highest BCUT2D eigenvalue weighted by Crippen LogP contribution is 2.29. The van der Waals surface area contributed by atoms with Crippen LogP contribution in [0.25, 0.3) is 0 Å². The lowest BCUT2D eigenvalue weighted by Gasteiger charge is -2.18. The van der Waals surface area contributed by atoms with Gasteiger partial charge in [-0.15, -0.1) is 0 Å². The summed E-state index contributed by atoms with van der Waals surface area (Å²) < 4.78 is 35.8. The van der Waals surface area contributed by atoms with Crippen molar-refractivity contribution in [3.05, 3.63) is 40.2 Å². The van der Waals surface area contributed by atoms with Gasteiger partial charge in [-0.2, -0.15) is 5.10 Å². The minimum atomic E-state index is -3.73. The number of rotatable bonds is 6. The van der Waals surface area contributed by atoms with Crippen LogP contribution in [0.2, 0.25) is 0 Å². The molecule has 138 valence electrons. The molecule has 0 saturated carbocycles. The first-order valence-corrected chi connectivity index (χ1v) is 9.82. The fraction of sp³-hybridized carbons (Fsp3) is 0.500. The molecule has 1 aromatic heterocycles. The van der Waals surface area contributed by atoms with Crippen molar-refractivity contribution in [3.63, 3.8) is 0 Å². The number of aromatic nitrogens is 2. The lowest BCUT2D eigenvalue weighted by molar-refractivity contribution is 0.401. The van der Waals surface area contributed by atoms with Gasteiger partial charge in [0.05, 0.1) is 12.8 Å². The molecule has 0 aliphatic rings. The fourth-order valence-electron chi connectivity index (χ4n) is 3.13.